The van der Waals surface area contributed by atoms with E-state index in [4.69, 9.17) is 9.47 Å². The van der Waals surface area contributed by atoms with E-state index in [0.29, 0.717) is 30.2 Å². The van der Waals surface area contributed by atoms with Crippen molar-refractivity contribution in [2.75, 3.05) is 41.4 Å². The van der Waals surface area contributed by atoms with Gasteiger partial charge in [-0.2, -0.15) is 0 Å². The molecule has 116 valence electrons. The molecule has 6 nitrogen and oxygen atoms in total. The lowest BCUT2D eigenvalue weighted by atomic mass is 10.1. The number of benzene rings is 1. The number of hydrogen-bond donors (Lipinski definition) is 1. The van der Waals surface area contributed by atoms with Gasteiger partial charge in [0.05, 0.1) is 26.4 Å². The topological polar surface area (TPSA) is 62.2 Å². The molecule has 1 aromatic carbocycles. The van der Waals surface area contributed by atoms with Crippen LogP contribution < -0.4 is 9.47 Å². The van der Waals surface area contributed by atoms with Gasteiger partial charge in [0, 0.05) is 24.7 Å². The number of nitrogens with zero attached hydrogens (tertiary/aromatic N) is 2. The number of aliphatic hydroxyl groups excluding tert-OH is 1. The number of likely N-dealkylation sites (tertiary alicyclic amines) is 1. The fourth-order valence-corrected chi connectivity index (χ4v) is 2.56. The highest BCUT2D eigenvalue weighted by atomic mass is 16.5. The zero-order valence-corrected chi connectivity index (χ0v) is 12.9. The predicted octanol–water partition coefficient (Wildman–Crippen LogP) is 0.451. The van der Waals surface area contributed by atoms with Gasteiger partial charge < -0.3 is 24.4 Å². The van der Waals surface area contributed by atoms with Gasteiger partial charge in [0.1, 0.15) is 11.5 Å². The highest BCUT2D eigenvalue weighted by Crippen LogP contribution is 2.25. The maximum atomic E-state index is 12.6. The molecule has 0 aliphatic carbocycles. The summed E-state index contributed by atoms with van der Waals surface area (Å²) in [7, 11) is 6.89. The third-order valence-electron chi connectivity index (χ3n) is 3.81. The van der Waals surface area contributed by atoms with Crippen LogP contribution >= 0.6 is 0 Å². The number of β-amino-alcohol motifs (C(OH)–C–C–N with tert-alkyl or cyclic N) is 1. The molecule has 21 heavy (non-hydrogen) atoms. The highest BCUT2D eigenvalue weighted by molar-refractivity contribution is 5.95. The quantitative estimate of drug-likeness (QED) is 0.873. The lowest BCUT2D eigenvalue weighted by molar-refractivity contribution is 0.0763. The Bertz CT molecular complexity index is 496. The summed E-state index contributed by atoms with van der Waals surface area (Å²) >= 11 is 0. The second-order valence-electron chi connectivity index (χ2n) is 5.41. The van der Waals surface area contributed by atoms with Gasteiger partial charge in [-0.05, 0) is 26.2 Å². The number of carbonyl (C=O) groups is 1. The molecule has 6 heteroatoms. The van der Waals surface area contributed by atoms with Gasteiger partial charge in [0.2, 0.25) is 0 Å². The van der Waals surface area contributed by atoms with E-state index in [1.54, 1.807) is 37.3 Å². The van der Waals surface area contributed by atoms with Crippen molar-refractivity contribution in [1.82, 2.24) is 9.80 Å². The molecule has 1 heterocycles. The molecule has 0 radical (unpaired) electrons. The van der Waals surface area contributed by atoms with E-state index in [1.165, 1.54) is 0 Å². The predicted molar refractivity (Wildman–Crippen MR) is 78.9 cm³/mol. The average Bonchev–Trinajstić information content (AvgIpc) is 2.87. The van der Waals surface area contributed by atoms with E-state index in [0.717, 1.165) is 0 Å². The summed E-state index contributed by atoms with van der Waals surface area (Å²) in [4.78, 5) is 16.2. The molecule has 1 amide bonds. The van der Waals surface area contributed by atoms with Crippen LogP contribution in [0.25, 0.3) is 0 Å². The standard InChI is InChI=1S/C15H22N2O4/c1-16(2)13-8-17(9-14(13)18)15(19)10-5-11(20-3)7-12(6-10)21-4/h5-7,13-14,18H,8-9H2,1-4H3/t13-,14-/m1/s1. The first-order valence-corrected chi connectivity index (χ1v) is 6.83. The van der Waals surface area contributed by atoms with Gasteiger partial charge in [0.25, 0.3) is 5.91 Å². The third kappa shape index (κ3) is 3.28. The molecule has 0 spiro atoms. The molecular formula is C15H22N2O4. The number of likely N-dealkylation sites (N-methyl/N-ethyl adjacent to an activating group) is 1. The Morgan fingerprint density at radius 1 is 1.19 bits per heavy atom. The summed E-state index contributed by atoms with van der Waals surface area (Å²) in [6.07, 6.45) is -0.531. The Labute approximate surface area is 124 Å². The fraction of sp³-hybridized carbons (Fsp3) is 0.533. The minimum Gasteiger partial charge on any atom is -0.497 e. The van der Waals surface area contributed by atoms with Gasteiger partial charge in [0.15, 0.2) is 0 Å². The Kier molecular flexibility index (Phi) is 4.69. The van der Waals surface area contributed by atoms with Crippen molar-refractivity contribution in [3.05, 3.63) is 23.8 Å². The molecule has 0 unspecified atom stereocenters. The van der Waals surface area contributed by atoms with Gasteiger partial charge in [-0.15, -0.1) is 0 Å². The van der Waals surface area contributed by atoms with Crippen molar-refractivity contribution in [1.29, 1.82) is 0 Å². The fourth-order valence-electron chi connectivity index (χ4n) is 2.56. The Balaban J connectivity index is 2.21. The van der Waals surface area contributed by atoms with Gasteiger partial charge >= 0.3 is 0 Å². The second kappa shape index (κ2) is 6.32. The van der Waals surface area contributed by atoms with Crippen molar-refractivity contribution in [3.63, 3.8) is 0 Å². The lowest BCUT2D eigenvalue weighted by Crippen LogP contribution is -2.38. The Morgan fingerprint density at radius 2 is 1.76 bits per heavy atom. The van der Waals surface area contributed by atoms with E-state index < -0.39 is 6.10 Å². The van der Waals surface area contributed by atoms with E-state index >= 15 is 0 Å². The van der Waals surface area contributed by atoms with Crippen molar-refractivity contribution >= 4 is 5.91 Å². The first-order chi connectivity index (χ1) is 9.96. The summed E-state index contributed by atoms with van der Waals surface area (Å²) in [6, 6.07) is 5.04. The Hall–Kier alpha value is -1.79. The zero-order chi connectivity index (χ0) is 15.6. The summed E-state index contributed by atoms with van der Waals surface area (Å²) < 4.78 is 10.4. The van der Waals surface area contributed by atoms with E-state index in [9.17, 15) is 9.90 Å². The van der Waals surface area contributed by atoms with Gasteiger partial charge in [-0.25, -0.2) is 0 Å². The number of aliphatic hydroxyl groups is 1. The molecule has 1 saturated heterocycles. The van der Waals surface area contributed by atoms with E-state index in [2.05, 4.69) is 0 Å². The first-order valence-electron chi connectivity index (χ1n) is 6.83. The number of methoxy groups -OCH3 is 2. The van der Waals surface area contributed by atoms with Crippen LogP contribution in [0.2, 0.25) is 0 Å². The van der Waals surface area contributed by atoms with Gasteiger partial charge in [-0.1, -0.05) is 0 Å². The molecule has 1 aliphatic heterocycles. The SMILES string of the molecule is COc1cc(OC)cc(C(=O)N2C[C@@H](O)[C@H](N(C)C)C2)c1. The van der Waals surface area contributed by atoms with Crippen LogP contribution in [0.4, 0.5) is 0 Å². The monoisotopic (exact) mass is 294 g/mol. The smallest absolute Gasteiger partial charge is 0.254 e. The van der Waals surface area contributed by atoms with Crippen LogP contribution in [0.15, 0.2) is 18.2 Å². The molecule has 0 aromatic heterocycles. The highest BCUT2D eigenvalue weighted by Gasteiger charge is 2.35. The molecule has 2 rings (SSSR count). The van der Waals surface area contributed by atoms with Crippen LogP contribution in [0.5, 0.6) is 11.5 Å². The zero-order valence-electron chi connectivity index (χ0n) is 12.9. The lowest BCUT2D eigenvalue weighted by Gasteiger charge is -2.21. The molecule has 1 fully saturated rings. The molecule has 1 aliphatic rings. The number of rotatable bonds is 4. The second-order valence-corrected chi connectivity index (χ2v) is 5.41. The molecular weight excluding hydrogens is 272 g/mol. The van der Waals surface area contributed by atoms with Crippen LogP contribution in [0.1, 0.15) is 10.4 Å². The molecule has 1 aromatic rings. The minimum atomic E-state index is -0.531. The number of hydrogen-bond acceptors (Lipinski definition) is 5. The van der Waals surface area contributed by atoms with E-state index in [-0.39, 0.29) is 11.9 Å². The van der Waals surface area contributed by atoms with Crippen LogP contribution in [0, 0.1) is 0 Å². The van der Waals surface area contributed by atoms with Crippen molar-refractivity contribution in [2.24, 2.45) is 0 Å². The summed E-state index contributed by atoms with van der Waals surface area (Å²) in [5, 5.41) is 10.0. The van der Waals surface area contributed by atoms with Crippen molar-refractivity contribution < 1.29 is 19.4 Å². The third-order valence-corrected chi connectivity index (χ3v) is 3.81. The normalized spacial score (nSPS) is 21.7. The van der Waals surface area contributed by atoms with Crippen LogP contribution in [0.3, 0.4) is 0 Å². The number of carbonyl (C=O) groups excluding carboxylic acids is 1. The number of amides is 1. The summed E-state index contributed by atoms with van der Waals surface area (Å²) in [5.41, 5.74) is 0.498. The van der Waals surface area contributed by atoms with E-state index in [1.807, 2.05) is 19.0 Å². The maximum Gasteiger partial charge on any atom is 0.254 e. The number of ether oxygens (including phenoxy) is 2. The average molecular weight is 294 g/mol. The van der Waals surface area contributed by atoms with Crippen molar-refractivity contribution in [3.8, 4) is 11.5 Å². The first kappa shape index (κ1) is 15.6. The Morgan fingerprint density at radius 3 is 2.19 bits per heavy atom. The minimum absolute atomic E-state index is 0.0403. The van der Waals surface area contributed by atoms with Gasteiger partial charge in [-0.3, -0.25) is 4.79 Å². The molecule has 2 atom stereocenters. The van der Waals surface area contributed by atoms with Crippen molar-refractivity contribution in [2.45, 2.75) is 12.1 Å². The molecule has 1 N–H and O–H groups in total. The molecule has 0 saturated carbocycles. The largest absolute Gasteiger partial charge is 0.497 e. The summed E-state index contributed by atoms with van der Waals surface area (Å²) in [5.74, 6) is 1.01. The summed E-state index contributed by atoms with van der Waals surface area (Å²) in [6.45, 7) is 0.841. The maximum absolute atomic E-state index is 12.6. The van der Waals surface area contributed by atoms with Crippen LogP contribution in [-0.4, -0.2) is 74.4 Å². The van der Waals surface area contributed by atoms with Crippen LogP contribution in [-0.2, 0) is 0 Å². The molecule has 0 bridgehead atoms.